The van der Waals surface area contributed by atoms with Gasteiger partial charge >= 0.3 is 0 Å². The lowest BCUT2D eigenvalue weighted by molar-refractivity contribution is 0.187. The van der Waals surface area contributed by atoms with Crippen molar-refractivity contribution in [3.8, 4) is 0 Å². The number of aromatic nitrogens is 2. The first kappa shape index (κ1) is 14.5. The van der Waals surface area contributed by atoms with Gasteiger partial charge in [-0.3, -0.25) is 4.68 Å². The topological polar surface area (TPSA) is 38.0 Å². The maximum atomic E-state index is 9.40. The Morgan fingerprint density at radius 2 is 2.00 bits per heavy atom. The Hall–Kier alpha value is -0.540. The van der Waals surface area contributed by atoms with Crippen LogP contribution in [0.1, 0.15) is 39.1 Å². The molecule has 3 nitrogen and oxygen atoms in total. The standard InChI is InChI=1S/C13H23ClN2O/c1-5-11-13(14)12(16(6-2)15-11)7-10(8-17)9(3)4/h9-10,17H,5-8H2,1-4H3. The first-order valence-electron chi connectivity index (χ1n) is 6.39. The minimum absolute atomic E-state index is 0.199. The smallest absolute Gasteiger partial charge is 0.0849 e. The first-order chi connectivity index (χ1) is 8.04. The van der Waals surface area contributed by atoms with E-state index in [4.69, 9.17) is 11.6 Å². The van der Waals surface area contributed by atoms with Gasteiger partial charge in [0.2, 0.25) is 0 Å². The van der Waals surface area contributed by atoms with Crippen LogP contribution in [0.15, 0.2) is 0 Å². The van der Waals surface area contributed by atoms with Crippen molar-refractivity contribution in [1.29, 1.82) is 0 Å². The van der Waals surface area contributed by atoms with Crippen LogP contribution in [-0.4, -0.2) is 21.5 Å². The molecular weight excluding hydrogens is 236 g/mol. The zero-order valence-electron chi connectivity index (χ0n) is 11.2. The second-order valence-corrected chi connectivity index (χ2v) is 5.15. The lowest BCUT2D eigenvalue weighted by Gasteiger charge is -2.18. The molecule has 0 aliphatic rings. The molecule has 4 heteroatoms. The van der Waals surface area contributed by atoms with Crippen LogP contribution < -0.4 is 0 Å². The molecule has 98 valence electrons. The highest BCUT2D eigenvalue weighted by Crippen LogP contribution is 2.26. The van der Waals surface area contributed by atoms with Crippen LogP contribution >= 0.6 is 11.6 Å². The van der Waals surface area contributed by atoms with E-state index in [2.05, 4.69) is 32.8 Å². The van der Waals surface area contributed by atoms with Crippen molar-refractivity contribution in [2.45, 2.75) is 47.1 Å². The molecule has 1 unspecified atom stereocenters. The highest BCUT2D eigenvalue weighted by atomic mass is 35.5. The maximum absolute atomic E-state index is 9.40. The average Bonchev–Trinajstić information content (AvgIpc) is 2.62. The van der Waals surface area contributed by atoms with E-state index < -0.39 is 0 Å². The summed E-state index contributed by atoms with van der Waals surface area (Å²) in [6.07, 6.45) is 1.65. The molecular formula is C13H23ClN2O. The molecule has 1 aromatic heterocycles. The molecule has 0 aliphatic carbocycles. The number of halogens is 1. The molecule has 0 bridgehead atoms. The summed E-state index contributed by atoms with van der Waals surface area (Å²) in [6.45, 7) is 9.40. The summed E-state index contributed by atoms with van der Waals surface area (Å²) < 4.78 is 1.96. The van der Waals surface area contributed by atoms with Gasteiger partial charge in [0.05, 0.1) is 16.4 Å². The molecule has 1 atom stereocenters. The third kappa shape index (κ3) is 3.23. The van der Waals surface area contributed by atoms with E-state index >= 15 is 0 Å². The molecule has 1 heterocycles. The third-order valence-electron chi connectivity index (χ3n) is 3.33. The molecule has 0 spiro atoms. The zero-order chi connectivity index (χ0) is 13.0. The summed E-state index contributed by atoms with van der Waals surface area (Å²) in [5, 5.41) is 14.7. The molecule has 0 saturated heterocycles. The van der Waals surface area contributed by atoms with Gasteiger partial charge in [0.1, 0.15) is 0 Å². The lowest BCUT2D eigenvalue weighted by Crippen LogP contribution is -2.18. The molecule has 1 aromatic rings. The van der Waals surface area contributed by atoms with E-state index in [9.17, 15) is 5.11 Å². The van der Waals surface area contributed by atoms with Crippen molar-refractivity contribution in [2.24, 2.45) is 11.8 Å². The molecule has 1 rings (SSSR count). The van der Waals surface area contributed by atoms with Crippen LogP contribution in [0, 0.1) is 11.8 Å². The van der Waals surface area contributed by atoms with Gasteiger partial charge in [-0.15, -0.1) is 0 Å². The number of nitrogens with zero attached hydrogens (tertiary/aromatic N) is 2. The largest absolute Gasteiger partial charge is 0.396 e. The predicted molar refractivity (Wildman–Crippen MR) is 71.4 cm³/mol. The van der Waals surface area contributed by atoms with Gasteiger partial charge in [0.25, 0.3) is 0 Å². The van der Waals surface area contributed by atoms with Gasteiger partial charge in [-0.25, -0.2) is 0 Å². The average molecular weight is 259 g/mol. The molecule has 0 radical (unpaired) electrons. The molecule has 0 saturated carbocycles. The highest BCUT2D eigenvalue weighted by Gasteiger charge is 2.20. The summed E-state index contributed by atoms with van der Waals surface area (Å²) >= 11 is 6.35. The number of rotatable bonds is 6. The minimum Gasteiger partial charge on any atom is -0.396 e. The number of hydrogen-bond acceptors (Lipinski definition) is 2. The van der Waals surface area contributed by atoms with Crippen molar-refractivity contribution in [1.82, 2.24) is 9.78 Å². The van der Waals surface area contributed by atoms with Gasteiger partial charge < -0.3 is 5.11 Å². The monoisotopic (exact) mass is 258 g/mol. The van der Waals surface area contributed by atoms with Crippen LogP contribution in [0.5, 0.6) is 0 Å². The summed E-state index contributed by atoms with van der Waals surface area (Å²) in [5.74, 6) is 0.695. The predicted octanol–water partition coefficient (Wildman–Crippen LogP) is 2.93. The van der Waals surface area contributed by atoms with Crippen LogP contribution in [0.3, 0.4) is 0 Å². The number of hydrogen-bond donors (Lipinski definition) is 1. The Morgan fingerprint density at radius 3 is 2.41 bits per heavy atom. The maximum Gasteiger partial charge on any atom is 0.0849 e. The van der Waals surface area contributed by atoms with Gasteiger partial charge in [0.15, 0.2) is 0 Å². The third-order valence-corrected chi connectivity index (χ3v) is 3.76. The Labute approximate surface area is 109 Å². The fourth-order valence-corrected chi connectivity index (χ4v) is 2.32. The Kier molecular flexibility index (Phi) is 5.47. The van der Waals surface area contributed by atoms with Gasteiger partial charge in [0, 0.05) is 13.2 Å². The number of aryl methyl sites for hydroxylation is 2. The Bertz CT molecular complexity index is 361. The molecule has 0 aromatic carbocycles. The second-order valence-electron chi connectivity index (χ2n) is 4.77. The summed E-state index contributed by atoms with van der Waals surface area (Å²) in [6, 6.07) is 0. The normalized spacial score (nSPS) is 13.4. The van der Waals surface area contributed by atoms with Crippen molar-refractivity contribution in [3.63, 3.8) is 0 Å². The molecule has 0 amide bonds. The number of aliphatic hydroxyl groups is 1. The van der Waals surface area contributed by atoms with Crippen LogP contribution in [0.4, 0.5) is 0 Å². The van der Waals surface area contributed by atoms with E-state index in [-0.39, 0.29) is 12.5 Å². The Morgan fingerprint density at radius 1 is 1.35 bits per heavy atom. The van der Waals surface area contributed by atoms with Gasteiger partial charge in [-0.2, -0.15) is 5.10 Å². The quantitative estimate of drug-likeness (QED) is 0.852. The van der Waals surface area contributed by atoms with Gasteiger partial charge in [-0.1, -0.05) is 32.4 Å². The van der Waals surface area contributed by atoms with Crippen molar-refractivity contribution < 1.29 is 5.11 Å². The molecule has 0 fully saturated rings. The molecule has 1 N–H and O–H groups in total. The van der Waals surface area contributed by atoms with E-state index in [0.29, 0.717) is 5.92 Å². The van der Waals surface area contributed by atoms with Crippen molar-refractivity contribution >= 4 is 11.6 Å². The van der Waals surface area contributed by atoms with E-state index in [1.54, 1.807) is 0 Å². The second kappa shape index (κ2) is 6.41. The first-order valence-corrected chi connectivity index (χ1v) is 6.77. The molecule has 17 heavy (non-hydrogen) atoms. The van der Waals surface area contributed by atoms with Crippen LogP contribution in [-0.2, 0) is 19.4 Å². The summed E-state index contributed by atoms with van der Waals surface area (Å²) in [4.78, 5) is 0. The lowest BCUT2D eigenvalue weighted by atomic mass is 9.92. The van der Waals surface area contributed by atoms with E-state index in [1.165, 1.54) is 0 Å². The summed E-state index contributed by atoms with van der Waals surface area (Å²) in [5.41, 5.74) is 2.03. The highest BCUT2D eigenvalue weighted by molar-refractivity contribution is 6.31. The van der Waals surface area contributed by atoms with Crippen LogP contribution in [0.2, 0.25) is 5.02 Å². The van der Waals surface area contributed by atoms with Crippen molar-refractivity contribution in [2.75, 3.05) is 6.61 Å². The summed E-state index contributed by atoms with van der Waals surface area (Å²) in [7, 11) is 0. The fraction of sp³-hybridized carbons (Fsp3) is 0.769. The minimum atomic E-state index is 0.199. The Balaban J connectivity index is 2.99. The number of aliphatic hydroxyl groups excluding tert-OH is 1. The zero-order valence-corrected chi connectivity index (χ0v) is 12.0. The SMILES string of the molecule is CCc1nn(CC)c(CC(CO)C(C)C)c1Cl. The molecule has 0 aliphatic heterocycles. The van der Waals surface area contributed by atoms with Crippen LogP contribution in [0.25, 0.3) is 0 Å². The van der Waals surface area contributed by atoms with Gasteiger partial charge in [-0.05, 0) is 31.6 Å². The van der Waals surface area contributed by atoms with E-state index in [0.717, 1.165) is 35.8 Å². The fourth-order valence-electron chi connectivity index (χ4n) is 1.97. The van der Waals surface area contributed by atoms with E-state index in [1.807, 2.05) is 4.68 Å². The van der Waals surface area contributed by atoms with Crippen molar-refractivity contribution in [3.05, 3.63) is 16.4 Å².